The van der Waals surface area contributed by atoms with E-state index < -0.39 is 5.60 Å². The van der Waals surface area contributed by atoms with Gasteiger partial charge < -0.3 is 4.74 Å². The number of nitrogen functional groups attached to an aromatic ring is 1. The topological polar surface area (TPSA) is 90.1 Å². The van der Waals surface area contributed by atoms with Crippen LogP contribution in [0.25, 0.3) is 0 Å². The normalized spacial score (nSPS) is 11.3. The van der Waals surface area contributed by atoms with Crippen molar-refractivity contribution in [1.82, 2.24) is 10.2 Å². The van der Waals surface area contributed by atoms with E-state index in [1.165, 1.54) is 23.1 Å². The molecular weight excluding hydrogens is 260 g/mol. The van der Waals surface area contributed by atoms with Crippen molar-refractivity contribution in [3.63, 3.8) is 0 Å². The molecule has 0 saturated carbocycles. The molecule has 0 aliphatic rings. The van der Waals surface area contributed by atoms with Crippen molar-refractivity contribution in [2.45, 2.75) is 32.1 Å². The zero-order chi connectivity index (χ0) is 12.9. The first kappa shape index (κ1) is 14.2. The van der Waals surface area contributed by atoms with Crippen molar-refractivity contribution in [3.05, 3.63) is 5.01 Å². The summed E-state index contributed by atoms with van der Waals surface area (Å²) in [5.41, 5.74) is 1.99. The second kappa shape index (κ2) is 6.18. The molecule has 1 aromatic heterocycles. The number of hydrogen-bond acceptors (Lipinski definition) is 8. The van der Waals surface area contributed by atoms with Crippen LogP contribution in [0, 0.1) is 0 Å². The monoisotopic (exact) mass is 276 g/mol. The van der Waals surface area contributed by atoms with E-state index in [9.17, 15) is 4.79 Å². The maximum atomic E-state index is 11.4. The first-order chi connectivity index (χ1) is 7.90. The number of hydrogen-bond donors (Lipinski definition) is 2. The first-order valence-corrected chi connectivity index (χ1v) is 6.96. The number of aromatic nitrogens is 2. The minimum Gasteiger partial charge on any atom is -0.459 e. The molecule has 6 nitrogen and oxygen atoms in total. The van der Waals surface area contributed by atoms with E-state index in [-0.39, 0.29) is 5.97 Å². The predicted octanol–water partition coefficient (Wildman–Crippen LogP) is 1.40. The highest BCUT2D eigenvalue weighted by atomic mass is 32.2. The Labute approximate surface area is 108 Å². The Morgan fingerprint density at radius 1 is 1.53 bits per heavy atom. The van der Waals surface area contributed by atoms with Crippen LogP contribution in [-0.4, -0.2) is 27.5 Å². The third-order valence-electron chi connectivity index (χ3n) is 1.46. The van der Waals surface area contributed by atoms with E-state index in [2.05, 4.69) is 15.6 Å². The molecule has 3 N–H and O–H groups in total. The molecule has 96 valence electrons. The number of carbonyl (C=O) groups excluding carboxylic acids is 1. The molecule has 0 bridgehead atoms. The van der Waals surface area contributed by atoms with Crippen molar-refractivity contribution in [1.29, 1.82) is 0 Å². The summed E-state index contributed by atoms with van der Waals surface area (Å²) in [5, 5.41) is 9.10. The molecule has 0 fully saturated rings. The molecule has 17 heavy (non-hydrogen) atoms. The fraction of sp³-hybridized carbons (Fsp3) is 0.667. The number of anilines is 1. The minimum atomic E-state index is -0.434. The fourth-order valence-corrected chi connectivity index (χ4v) is 2.45. The molecule has 0 unspecified atom stereocenters. The minimum absolute atomic E-state index is 0.218. The molecule has 1 heterocycles. The van der Waals surface area contributed by atoms with Crippen molar-refractivity contribution < 1.29 is 9.53 Å². The molecule has 0 atom stereocenters. The second-order valence-electron chi connectivity index (χ2n) is 4.22. The maximum Gasteiger partial charge on any atom is 0.316 e. The van der Waals surface area contributed by atoms with Crippen LogP contribution in [0.15, 0.2) is 0 Å². The van der Waals surface area contributed by atoms with Gasteiger partial charge in [-0.25, -0.2) is 5.84 Å². The summed E-state index contributed by atoms with van der Waals surface area (Å²) in [6.07, 6.45) is 0. The smallest absolute Gasteiger partial charge is 0.316 e. The molecule has 1 rings (SSSR count). The maximum absolute atomic E-state index is 11.4. The highest BCUT2D eigenvalue weighted by molar-refractivity contribution is 7.99. The number of hydrazine groups is 1. The van der Waals surface area contributed by atoms with Crippen LogP contribution < -0.4 is 11.3 Å². The Hall–Kier alpha value is -0.860. The number of carbonyl (C=O) groups is 1. The Morgan fingerprint density at radius 2 is 2.24 bits per heavy atom. The lowest BCUT2D eigenvalue weighted by Gasteiger charge is -2.19. The molecule has 1 aromatic rings. The van der Waals surface area contributed by atoms with Gasteiger partial charge in [-0.3, -0.25) is 10.2 Å². The highest BCUT2D eigenvalue weighted by Gasteiger charge is 2.16. The van der Waals surface area contributed by atoms with Crippen molar-refractivity contribution >= 4 is 34.2 Å². The molecular formula is C9H16N4O2S2. The predicted molar refractivity (Wildman–Crippen MR) is 69.7 cm³/mol. The van der Waals surface area contributed by atoms with Crippen LogP contribution in [-0.2, 0) is 15.3 Å². The summed E-state index contributed by atoms with van der Waals surface area (Å²) in [5.74, 6) is 5.90. The van der Waals surface area contributed by atoms with Gasteiger partial charge in [-0.2, -0.15) is 0 Å². The van der Waals surface area contributed by atoms with E-state index in [1.807, 2.05) is 20.8 Å². The Balaban J connectivity index is 2.26. The van der Waals surface area contributed by atoms with E-state index in [0.717, 1.165) is 5.01 Å². The van der Waals surface area contributed by atoms with Crippen LogP contribution in [0.3, 0.4) is 0 Å². The van der Waals surface area contributed by atoms with E-state index in [4.69, 9.17) is 10.6 Å². The summed E-state index contributed by atoms with van der Waals surface area (Å²) >= 11 is 2.81. The van der Waals surface area contributed by atoms with E-state index in [1.54, 1.807) is 0 Å². The van der Waals surface area contributed by atoms with Crippen molar-refractivity contribution in [2.75, 3.05) is 11.2 Å². The SMILES string of the molecule is CC(C)(C)OC(=O)CSCc1nnc(NN)s1. The van der Waals surface area contributed by atoms with Crippen LogP contribution in [0.5, 0.6) is 0 Å². The number of rotatable bonds is 5. The molecule has 0 saturated heterocycles. The van der Waals surface area contributed by atoms with E-state index >= 15 is 0 Å². The van der Waals surface area contributed by atoms with Gasteiger partial charge in [-0.05, 0) is 20.8 Å². The highest BCUT2D eigenvalue weighted by Crippen LogP contribution is 2.19. The summed E-state index contributed by atoms with van der Waals surface area (Å²) in [4.78, 5) is 11.4. The molecule has 8 heteroatoms. The standard InChI is InChI=1S/C9H16N4O2S2/c1-9(2,3)15-7(14)5-16-4-6-12-13-8(11-10)17-6/h4-5,10H2,1-3H3,(H,11,13). The quantitative estimate of drug-likeness (QED) is 0.477. The lowest BCUT2D eigenvalue weighted by atomic mass is 10.2. The third kappa shape index (κ3) is 5.85. The molecule has 0 aliphatic carbocycles. The second-order valence-corrected chi connectivity index (χ2v) is 6.27. The average Bonchev–Trinajstić information content (AvgIpc) is 2.63. The summed E-state index contributed by atoms with van der Waals surface area (Å²) in [6, 6.07) is 0. The van der Waals surface area contributed by atoms with Gasteiger partial charge in [0, 0.05) is 5.75 Å². The average molecular weight is 276 g/mol. The lowest BCUT2D eigenvalue weighted by Crippen LogP contribution is -2.24. The van der Waals surface area contributed by atoms with Crippen molar-refractivity contribution in [3.8, 4) is 0 Å². The van der Waals surface area contributed by atoms with Crippen LogP contribution in [0.2, 0.25) is 0 Å². The van der Waals surface area contributed by atoms with E-state index in [0.29, 0.717) is 16.6 Å². The Morgan fingerprint density at radius 3 is 2.76 bits per heavy atom. The van der Waals surface area contributed by atoms with Gasteiger partial charge in [0.25, 0.3) is 0 Å². The first-order valence-electron chi connectivity index (χ1n) is 4.99. The third-order valence-corrected chi connectivity index (χ3v) is 3.41. The Bertz CT molecular complexity index is 375. The number of nitrogens with two attached hydrogens (primary N) is 1. The number of esters is 1. The summed E-state index contributed by atoms with van der Waals surface area (Å²) in [6.45, 7) is 5.54. The van der Waals surface area contributed by atoms with Crippen LogP contribution in [0.4, 0.5) is 5.13 Å². The molecule has 0 spiro atoms. The van der Waals surface area contributed by atoms with Crippen LogP contribution >= 0.6 is 23.1 Å². The largest absolute Gasteiger partial charge is 0.459 e. The van der Waals surface area contributed by atoms with Gasteiger partial charge >= 0.3 is 5.97 Å². The zero-order valence-electron chi connectivity index (χ0n) is 10.0. The van der Waals surface area contributed by atoms with Gasteiger partial charge in [0.15, 0.2) is 0 Å². The van der Waals surface area contributed by atoms with Crippen LogP contribution in [0.1, 0.15) is 25.8 Å². The fourth-order valence-electron chi connectivity index (χ4n) is 0.963. The lowest BCUT2D eigenvalue weighted by molar-refractivity contribution is -0.151. The summed E-state index contributed by atoms with van der Waals surface area (Å²) < 4.78 is 5.18. The van der Waals surface area contributed by atoms with Gasteiger partial charge in [-0.1, -0.05) is 11.3 Å². The molecule has 0 amide bonds. The Kier molecular flexibility index (Phi) is 5.16. The van der Waals surface area contributed by atoms with Crippen molar-refractivity contribution in [2.24, 2.45) is 5.84 Å². The van der Waals surface area contributed by atoms with Gasteiger partial charge in [0.05, 0.1) is 5.75 Å². The number of ether oxygens (including phenoxy) is 1. The molecule has 0 aliphatic heterocycles. The molecule has 0 radical (unpaired) electrons. The number of nitrogens with one attached hydrogen (secondary N) is 1. The number of thioether (sulfide) groups is 1. The zero-order valence-corrected chi connectivity index (χ0v) is 11.7. The van der Waals surface area contributed by atoms with Gasteiger partial charge in [0.2, 0.25) is 5.13 Å². The van der Waals surface area contributed by atoms with Gasteiger partial charge in [0.1, 0.15) is 10.6 Å². The number of nitrogens with zero attached hydrogens (tertiary/aromatic N) is 2. The molecule has 0 aromatic carbocycles. The van der Waals surface area contributed by atoms with Gasteiger partial charge in [-0.15, -0.1) is 22.0 Å². The summed E-state index contributed by atoms with van der Waals surface area (Å²) in [7, 11) is 0.